The summed E-state index contributed by atoms with van der Waals surface area (Å²) >= 11 is 12.2. The van der Waals surface area contributed by atoms with E-state index < -0.39 is 0 Å². The second-order valence-corrected chi connectivity index (χ2v) is 11.6. The molecule has 0 aliphatic rings. The van der Waals surface area contributed by atoms with E-state index in [0.29, 0.717) is 46.3 Å². The second kappa shape index (κ2) is 11.4. The van der Waals surface area contributed by atoms with Gasteiger partial charge in [-0.2, -0.15) is 0 Å². The number of halogens is 2. The SMILES string of the molecule is Clc1ccc2nc(-c3ccc(Cn4cc(CCCc5cn(Cc6ccc(-c7nc8ccc(Cl)cc8[nH]7)o6)nn5)nn4)o3)[nH]c2c1. The Balaban J connectivity index is 0.835. The fourth-order valence-corrected chi connectivity index (χ4v) is 5.55. The van der Waals surface area contributed by atoms with Crippen molar-refractivity contribution in [2.75, 3.05) is 0 Å². The number of nitrogens with zero attached hydrogens (tertiary/aromatic N) is 8. The molecule has 0 spiro atoms. The average Bonchev–Trinajstić information content (AvgIpc) is 3.86. The van der Waals surface area contributed by atoms with Crippen molar-refractivity contribution in [2.24, 2.45) is 0 Å². The van der Waals surface area contributed by atoms with Crippen molar-refractivity contribution in [1.29, 1.82) is 0 Å². The van der Waals surface area contributed by atoms with Crippen LogP contribution in [0.25, 0.3) is 45.2 Å². The summed E-state index contributed by atoms with van der Waals surface area (Å²) in [5.41, 5.74) is 5.18. The molecule has 2 aromatic carbocycles. The summed E-state index contributed by atoms with van der Waals surface area (Å²) in [5, 5.41) is 18.5. The third-order valence-corrected chi connectivity index (χ3v) is 7.82. The van der Waals surface area contributed by atoms with E-state index >= 15 is 0 Å². The van der Waals surface area contributed by atoms with Gasteiger partial charge in [0.2, 0.25) is 0 Å². The quantitative estimate of drug-likeness (QED) is 0.168. The molecule has 2 N–H and O–H groups in total. The molecular weight excluding hydrogens is 615 g/mol. The van der Waals surface area contributed by atoms with Crippen molar-refractivity contribution in [2.45, 2.75) is 32.4 Å². The summed E-state index contributed by atoms with van der Waals surface area (Å²) < 4.78 is 15.6. The first kappa shape index (κ1) is 27.4. The van der Waals surface area contributed by atoms with E-state index in [9.17, 15) is 0 Å². The first-order valence-corrected chi connectivity index (χ1v) is 15.0. The van der Waals surface area contributed by atoms with E-state index in [1.807, 2.05) is 73.1 Å². The number of benzene rings is 2. The van der Waals surface area contributed by atoms with E-state index in [4.69, 9.17) is 32.0 Å². The molecule has 8 aromatic rings. The Hall–Kier alpha value is -5.20. The maximum absolute atomic E-state index is 6.09. The van der Waals surface area contributed by atoms with Gasteiger partial charge < -0.3 is 18.8 Å². The maximum Gasteiger partial charge on any atom is 0.174 e. The minimum Gasteiger partial charge on any atom is -0.456 e. The number of imidazole rings is 2. The predicted octanol–water partition coefficient (Wildman–Crippen LogP) is 6.72. The van der Waals surface area contributed by atoms with Crippen molar-refractivity contribution in [3.05, 3.63) is 106 Å². The molecule has 12 nitrogen and oxygen atoms in total. The Morgan fingerprint density at radius 1 is 0.622 bits per heavy atom. The Bertz CT molecular complexity index is 2110. The van der Waals surface area contributed by atoms with E-state index in [1.54, 1.807) is 9.36 Å². The van der Waals surface area contributed by atoms with Crippen LogP contribution in [-0.2, 0) is 25.9 Å². The van der Waals surface area contributed by atoms with Gasteiger partial charge in [0, 0.05) is 22.4 Å². The molecule has 0 fully saturated rings. The highest BCUT2D eigenvalue weighted by atomic mass is 35.5. The second-order valence-electron chi connectivity index (χ2n) is 10.7. The molecule has 224 valence electrons. The van der Waals surface area contributed by atoms with Crippen molar-refractivity contribution >= 4 is 45.3 Å². The minimum absolute atomic E-state index is 0.465. The molecule has 0 unspecified atom stereocenters. The normalized spacial score (nSPS) is 11.8. The number of H-pyrrole nitrogens is 2. The minimum atomic E-state index is 0.465. The maximum atomic E-state index is 6.09. The van der Waals surface area contributed by atoms with Gasteiger partial charge in [-0.1, -0.05) is 33.6 Å². The van der Waals surface area contributed by atoms with E-state index in [1.165, 1.54) is 0 Å². The van der Waals surface area contributed by atoms with Crippen LogP contribution in [0.15, 0.2) is 81.9 Å². The zero-order chi connectivity index (χ0) is 30.3. The molecule has 0 amide bonds. The number of aromatic nitrogens is 10. The number of nitrogens with one attached hydrogen (secondary N) is 2. The molecule has 6 aromatic heterocycles. The molecular formula is C31H24Cl2N10O2. The lowest BCUT2D eigenvalue weighted by Gasteiger charge is -1.97. The Labute approximate surface area is 265 Å². The van der Waals surface area contributed by atoms with Gasteiger partial charge in [0.25, 0.3) is 0 Å². The third-order valence-electron chi connectivity index (χ3n) is 7.35. The largest absolute Gasteiger partial charge is 0.456 e. The summed E-state index contributed by atoms with van der Waals surface area (Å²) in [6, 6.07) is 18.7. The molecule has 0 aliphatic carbocycles. The number of furan rings is 2. The van der Waals surface area contributed by atoms with Gasteiger partial charge in [-0.25, -0.2) is 19.3 Å². The summed E-state index contributed by atoms with van der Waals surface area (Å²) in [6.07, 6.45) is 6.27. The van der Waals surface area contributed by atoms with Crippen LogP contribution in [0.5, 0.6) is 0 Å². The van der Waals surface area contributed by atoms with Gasteiger partial charge in [-0.3, -0.25) is 0 Å². The van der Waals surface area contributed by atoms with Gasteiger partial charge in [-0.15, -0.1) is 10.2 Å². The van der Waals surface area contributed by atoms with Crippen LogP contribution in [0.4, 0.5) is 0 Å². The van der Waals surface area contributed by atoms with Gasteiger partial charge in [-0.05, 0) is 79.9 Å². The van der Waals surface area contributed by atoms with Crippen LogP contribution < -0.4 is 0 Å². The first-order chi connectivity index (χ1) is 22.0. The third kappa shape index (κ3) is 5.85. The van der Waals surface area contributed by atoms with Crippen LogP contribution in [-0.4, -0.2) is 49.9 Å². The monoisotopic (exact) mass is 638 g/mol. The molecule has 0 radical (unpaired) electrons. The van der Waals surface area contributed by atoms with Gasteiger partial charge >= 0.3 is 0 Å². The van der Waals surface area contributed by atoms with Gasteiger partial charge in [0.15, 0.2) is 23.2 Å². The van der Waals surface area contributed by atoms with Gasteiger partial charge in [0.05, 0.1) is 33.5 Å². The fraction of sp³-hybridized carbons (Fsp3) is 0.161. The fourth-order valence-electron chi connectivity index (χ4n) is 5.21. The van der Waals surface area contributed by atoms with E-state index in [0.717, 1.165) is 64.2 Å². The Morgan fingerprint density at radius 2 is 1.11 bits per heavy atom. The lowest BCUT2D eigenvalue weighted by Crippen LogP contribution is -1.99. The standard InChI is InChI=1S/C31H24Cl2N10O2/c32-18-4-8-24-26(12-18)36-30(34-24)28-10-6-22(44-28)16-42-14-20(38-40-42)2-1-3-21-15-43(41-39-21)17-23-7-11-29(45-23)31-35-25-9-5-19(33)13-27(25)37-31/h4-15H,1-3,16-17H2,(H,34,36)(H,35,37). The molecule has 0 atom stereocenters. The molecule has 45 heavy (non-hydrogen) atoms. The zero-order valence-electron chi connectivity index (χ0n) is 23.6. The highest BCUT2D eigenvalue weighted by Gasteiger charge is 2.13. The highest BCUT2D eigenvalue weighted by Crippen LogP contribution is 2.26. The van der Waals surface area contributed by atoms with Crippen LogP contribution in [0, 0.1) is 0 Å². The first-order valence-electron chi connectivity index (χ1n) is 14.3. The van der Waals surface area contributed by atoms with Crippen molar-refractivity contribution in [3.63, 3.8) is 0 Å². The van der Waals surface area contributed by atoms with Crippen LogP contribution in [0.2, 0.25) is 10.0 Å². The van der Waals surface area contributed by atoms with Crippen molar-refractivity contribution < 1.29 is 8.83 Å². The smallest absolute Gasteiger partial charge is 0.174 e. The lowest BCUT2D eigenvalue weighted by molar-refractivity contribution is 0.483. The average molecular weight is 640 g/mol. The topological polar surface area (TPSA) is 145 Å². The molecule has 0 aliphatic heterocycles. The van der Waals surface area contributed by atoms with E-state index in [-0.39, 0.29) is 0 Å². The zero-order valence-corrected chi connectivity index (χ0v) is 25.1. The Kier molecular flexibility index (Phi) is 6.92. The number of hydrogen-bond acceptors (Lipinski definition) is 8. The van der Waals surface area contributed by atoms with Crippen LogP contribution >= 0.6 is 23.2 Å². The molecule has 0 saturated heterocycles. The molecule has 0 saturated carbocycles. The van der Waals surface area contributed by atoms with Crippen LogP contribution in [0.3, 0.4) is 0 Å². The number of fused-ring (bicyclic) bond motifs is 2. The van der Waals surface area contributed by atoms with E-state index in [2.05, 4.69) is 40.6 Å². The number of aryl methyl sites for hydroxylation is 2. The highest BCUT2D eigenvalue weighted by molar-refractivity contribution is 6.31. The number of rotatable bonds is 10. The molecule has 14 heteroatoms. The Morgan fingerprint density at radius 3 is 1.60 bits per heavy atom. The molecule has 8 rings (SSSR count). The predicted molar refractivity (Wildman–Crippen MR) is 168 cm³/mol. The van der Waals surface area contributed by atoms with Crippen molar-refractivity contribution in [3.8, 4) is 23.2 Å². The van der Waals surface area contributed by atoms with Crippen molar-refractivity contribution in [1.82, 2.24) is 49.9 Å². The number of aromatic amines is 2. The molecule has 0 bridgehead atoms. The number of hydrogen-bond donors (Lipinski definition) is 2. The summed E-state index contributed by atoms with van der Waals surface area (Å²) in [4.78, 5) is 15.7. The lowest BCUT2D eigenvalue weighted by atomic mass is 10.2. The van der Waals surface area contributed by atoms with Crippen LogP contribution in [0.1, 0.15) is 29.3 Å². The summed E-state index contributed by atoms with van der Waals surface area (Å²) in [6.45, 7) is 0.930. The molecule has 6 heterocycles. The summed E-state index contributed by atoms with van der Waals surface area (Å²) in [5.74, 6) is 4.10. The van der Waals surface area contributed by atoms with Gasteiger partial charge in [0.1, 0.15) is 24.6 Å². The summed E-state index contributed by atoms with van der Waals surface area (Å²) in [7, 11) is 0.